The minimum Gasteiger partial charge on any atom is -0.480 e. The van der Waals surface area contributed by atoms with Crippen LogP contribution in [0.1, 0.15) is 37.4 Å². The number of carbonyl (C=O) groups excluding carboxylic acids is 1. The monoisotopic (exact) mass is 293 g/mol. The standard InChI is InChI=1S/C16H23NO4/c1-4-12-6-8-13(9-7-12)15(16(19)20)17(3)11-10-14(18)21-5-2/h6-9,15H,4-5,10-11H2,1-3H3,(H,19,20). The van der Waals surface area contributed by atoms with Crippen LogP contribution in [-0.2, 0) is 20.7 Å². The second-order valence-corrected chi connectivity index (χ2v) is 4.87. The van der Waals surface area contributed by atoms with Gasteiger partial charge in [0.15, 0.2) is 0 Å². The molecule has 0 aliphatic rings. The summed E-state index contributed by atoms with van der Waals surface area (Å²) < 4.78 is 4.86. The van der Waals surface area contributed by atoms with Gasteiger partial charge >= 0.3 is 11.9 Å². The van der Waals surface area contributed by atoms with Crippen LogP contribution in [-0.4, -0.2) is 42.1 Å². The lowest BCUT2D eigenvalue weighted by atomic mass is 10.0. The highest BCUT2D eigenvalue weighted by atomic mass is 16.5. The van der Waals surface area contributed by atoms with E-state index in [9.17, 15) is 14.7 Å². The van der Waals surface area contributed by atoms with Crippen molar-refractivity contribution in [2.45, 2.75) is 32.7 Å². The average Bonchev–Trinajstić information content (AvgIpc) is 2.46. The fraction of sp³-hybridized carbons (Fsp3) is 0.500. The summed E-state index contributed by atoms with van der Waals surface area (Å²) in [5.74, 6) is -1.24. The van der Waals surface area contributed by atoms with Crippen LogP contribution in [0.15, 0.2) is 24.3 Å². The Balaban J connectivity index is 2.75. The molecular formula is C16H23NO4. The number of carbonyl (C=O) groups is 2. The fourth-order valence-electron chi connectivity index (χ4n) is 2.15. The van der Waals surface area contributed by atoms with E-state index in [0.29, 0.717) is 18.7 Å². The molecule has 0 saturated heterocycles. The zero-order chi connectivity index (χ0) is 15.8. The molecule has 1 aromatic carbocycles. The predicted molar refractivity (Wildman–Crippen MR) is 80.1 cm³/mol. The van der Waals surface area contributed by atoms with Crippen molar-refractivity contribution >= 4 is 11.9 Å². The number of carboxylic acids is 1. The smallest absolute Gasteiger partial charge is 0.325 e. The third-order valence-electron chi connectivity index (χ3n) is 3.35. The minimum atomic E-state index is -0.925. The van der Waals surface area contributed by atoms with Crippen molar-refractivity contribution in [3.8, 4) is 0 Å². The number of hydrogen-bond donors (Lipinski definition) is 1. The van der Waals surface area contributed by atoms with Gasteiger partial charge in [-0.2, -0.15) is 0 Å². The summed E-state index contributed by atoms with van der Waals surface area (Å²) in [5.41, 5.74) is 1.88. The Labute approximate surface area is 125 Å². The first-order valence-corrected chi connectivity index (χ1v) is 7.17. The number of aryl methyl sites for hydroxylation is 1. The van der Waals surface area contributed by atoms with Gasteiger partial charge in [0.05, 0.1) is 13.0 Å². The van der Waals surface area contributed by atoms with Crippen molar-refractivity contribution in [3.63, 3.8) is 0 Å². The van der Waals surface area contributed by atoms with Crippen molar-refractivity contribution in [3.05, 3.63) is 35.4 Å². The molecule has 1 rings (SSSR count). The first kappa shape index (κ1) is 17.2. The van der Waals surface area contributed by atoms with Crippen LogP contribution in [0.4, 0.5) is 0 Å². The normalized spacial score (nSPS) is 12.2. The van der Waals surface area contributed by atoms with E-state index >= 15 is 0 Å². The number of nitrogens with zero attached hydrogens (tertiary/aromatic N) is 1. The summed E-state index contributed by atoms with van der Waals surface area (Å²) in [6, 6.07) is 6.77. The van der Waals surface area contributed by atoms with Gasteiger partial charge in [-0.15, -0.1) is 0 Å². The van der Waals surface area contributed by atoms with Crippen LogP contribution in [0.3, 0.4) is 0 Å². The quantitative estimate of drug-likeness (QED) is 0.745. The molecule has 0 bridgehead atoms. The largest absolute Gasteiger partial charge is 0.480 e. The van der Waals surface area contributed by atoms with Gasteiger partial charge in [-0.1, -0.05) is 31.2 Å². The van der Waals surface area contributed by atoms with Gasteiger partial charge in [0, 0.05) is 6.54 Å². The van der Waals surface area contributed by atoms with Gasteiger partial charge in [0.2, 0.25) is 0 Å². The molecule has 5 nitrogen and oxygen atoms in total. The summed E-state index contributed by atoms with van der Waals surface area (Å²) in [5, 5.41) is 9.43. The summed E-state index contributed by atoms with van der Waals surface area (Å²) in [7, 11) is 1.70. The van der Waals surface area contributed by atoms with Gasteiger partial charge in [0.25, 0.3) is 0 Å². The first-order chi connectivity index (χ1) is 9.99. The van der Waals surface area contributed by atoms with E-state index in [0.717, 1.165) is 12.0 Å². The highest BCUT2D eigenvalue weighted by Crippen LogP contribution is 2.21. The van der Waals surface area contributed by atoms with E-state index < -0.39 is 12.0 Å². The topological polar surface area (TPSA) is 66.8 Å². The van der Waals surface area contributed by atoms with Gasteiger partial charge in [-0.25, -0.2) is 0 Å². The van der Waals surface area contributed by atoms with Crippen LogP contribution in [0, 0.1) is 0 Å². The summed E-state index contributed by atoms with van der Waals surface area (Å²) >= 11 is 0. The van der Waals surface area contributed by atoms with Crippen LogP contribution >= 0.6 is 0 Å². The van der Waals surface area contributed by atoms with E-state index in [1.807, 2.05) is 24.3 Å². The van der Waals surface area contributed by atoms with Crippen molar-refractivity contribution in [1.82, 2.24) is 4.90 Å². The van der Waals surface area contributed by atoms with Gasteiger partial charge in [-0.05, 0) is 31.5 Å². The lowest BCUT2D eigenvalue weighted by molar-refractivity contribution is -0.146. The Morgan fingerprint density at radius 2 is 1.86 bits per heavy atom. The number of rotatable bonds is 8. The number of likely N-dealkylation sites (N-methyl/N-ethyl adjacent to an activating group) is 1. The second-order valence-electron chi connectivity index (χ2n) is 4.87. The Hall–Kier alpha value is -1.88. The number of carboxylic acid groups (broad SMARTS) is 1. The van der Waals surface area contributed by atoms with Crippen molar-refractivity contribution in [2.24, 2.45) is 0 Å². The molecule has 0 heterocycles. The molecule has 1 aromatic rings. The third kappa shape index (κ3) is 5.19. The maximum Gasteiger partial charge on any atom is 0.325 e. The number of benzene rings is 1. The van der Waals surface area contributed by atoms with E-state index in [1.54, 1.807) is 18.9 Å². The first-order valence-electron chi connectivity index (χ1n) is 7.17. The molecule has 1 atom stereocenters. The zero-order valence-electron chi connectivity index (χ0n) is 12.8. The van der Waals surface area contributed by atoms with Crippen LogP contribution in [0.25, 0.3) is 0 Å². The zero-order valence-corrected chi connectivity index (χ0v) is 12.8. The number of ether oxygens (including phenoxy) is 1. The molecule has 1 N–H and O–H groups in total. The van der Waals surface area contributed by atoms with Gasteiger partial charge in [-0.3, -0.25) is 14.5 Å². The molecule has 0 amide bonds. The highest BCUT2D eigenvalue weighted by molar-refractivity contribution is 5.75. The molecule has 1 unspecified atom stereocenters. The Kier molecular flexibility index (Phi) is 6.88. The predicted octanol–water partition coefficient (Wildman–Crippen LogP) is 2.26. The average molecular weight is 293 g/mol. The van der Waals surface area contributed by atoms with Crippen molar-refractivity contribution in [2.75, 3.05) is 20.2 Å². The van der Waals surface area contributed by atoms with Crippen LogP contribution in [0.5, 0.6) is 0 Å². The summed E-state index contributed by atoms with van der Waals surface area (Å²) in [4.78, 5) is 24.5. The SMILES string of the molecule is CCOC(=O)CCN(C)C(C(=O)O)c1ccc(CC)cc1. The molecule has 21 heavy (non-hydrogen) atoms. The molecule has 0 aliphatic carbocycles. The molecule has 0 saturated carbocycles. The van der Waals surface area contributed by atoms with Crippen LogP contribution in [0.2, 0.25) is 0 Å². The molecule has 0 radical (unpaired) electrons. The van der Waals surface area contributed by atoms with Crippen molar-refractivity contribution < 1.29 is 19.4 Å². The van der Waals surface area contributed by atoms with E-state index in [2.05, 4.69) is 6.92 Å². The number of esters is 1. The lowest BCUT2D eigenvalue weighted by Crippen LogP contribution is -2.32. The third-order valence-corrected chi connectivity index (χ3v) is 3.35. The highest BCUT2D eigenvalue weighted by Gasteiger charge is 2.25. The number of aliphatic carboxylic acids is 1. The van der Waals surface area contributed by atoms with E-state index in [-0.39, 0.29) is 12.4 Å². The molecule has 5 heteroatoms. The van der Waals surface area contributed by atoms with Gasteiger partial charge < -0.3 is 9.84 Å². The molecule has 116 valence electrons. The number of hydrogen-bond acceptors (Lipinski definition) is 4. The van der Waals surface area contributed by atoms with E-state index in [4.69, 9.17) is 4.74 Å². The molecular weight excluding hydrogens is 270 g/mol. The van der Waals surface area contributed by atoms with Gasteiger partial charge in [0.1, 0.15) is 6.04 Å². The lowest BCUT2D eigenvalue weighted by Gasteiger charge is -2.24. The Bertz CT molecular complexity index is 470. The Morgan fingerprint density at radius 1 is 1.24 bits per heavy atom. The van der Waals surface area contributed by atoms with E-state index in [1.165, 1.54) is 0 Å². The maximum absolute atomic E-state index is 11.5. The molecule has 0 aromatic heterocycles. The summed E-state index contributed by atoms with van der Waals surface area (Å²) in [6.45, 7) is 4.47. The fourth-order valence-corrected chi connectivity index (χ4v) is 2.15. The maximum atomic E-state index is 11.5. The van der Waals surface area contributed by atoms with Crippen molar-refractivity contribution in [1.29, 1.82) is 0 Å². The minimum absolute atomic E-state index is 0.182. The molecule has 0 aliphatic heterocycles. The summed E-state index contributed by atoms with van der Waals surface area (Å²) in [6.07, 6.45) is 1.10. The molecule has 0 spiro atoms. The molecule has 0 fully saturated rings. The Morgan fingerprint density at radius 3 is 2.33 bits per heavy atom. The second kappa shape index (κ2) is 8.42. The van der Waals surface area contributed by atoms with Crippen LogP contribution < -0.4 is 0 Å².